The molecule has 0 spiro atoms. The van der Waals surface area contributed by atoms with Gasteiger partial charge in [0, 0.05) is 18.7 Å². The molecule has 1 fully saturated rings. The second kappa shape index (κ2) is 11.7. The molecule has 3 aromatic carbocycles. The minimum Gasteiger partial charge on any atom is -0.352 e. The highest BCUT2D eigenvalue weighted by molar-refractivity contribution is 7.86. The Morgan fingerprint density at radius 1 is 0.882 bits per heavy atom. The Morgan fingerprint density at radius 2 is 1.56 bits per heavy atom. The van der Waals surface area contributed by atoms with Crippen LogP contribution in [0.5, 0.6) is 0 Å². The lowest BCUT2D eigenvalue weighted by molar-refractivity contribution is -0.128. The molecule has 5 nitrogen and oxygen atoms in total. The van der Waals surface area contributed by atoms with Crippen LogP contribution in [0.3, 0.4) is 0 Å². The second-order valence-electron chi connectivity index (χ2n) is 8.52. The quantitative estimate of drug-likeness (QED) is 0.446. The zero-order chi connectivity index (χ0) is 23.8. The number of carbonyl (C=O) groups is 2. The van der Waals surface area contributed by atoms with Crippen LogP contribution >= 0.6 is 0 Å². The van der Waals surface area contributed by atoms with Gasteiger partial charge in [-0.15, -0.1) is 0 Å². The van der Waals surface area contributed by atoms with E-state index in [0.29, 0.717) is 25.1 Å². The van der Waals surface area contributed by atoms with Gasteiger partial charge in [-0.05, 0) is 54.5 Å². The third-order valence-electron chi connectivity index (χ3n) is 6.06. The van der Waals surface area contributed by atoms with Crippen LogP contribution in [0.4, 0.5) is 0 Å². The van der Waals surface area contributed by atoms with Gasteiger partial charge in [-0.2, -0.15) is 0 Å². The SMILES string of the molecule is O=C(NCCCCc1ccccc1)c1cccc(C2N(CCc3ccccc3)C(=O)CS2=O)c1. The predicted octanol–water partition coefficient (Wildman–Crippen LogP) is 4.27. The van der Waals surface area contributed by atoms with E-state index in [1.165, 1.54) is 5.56 Å². The topological polar surface area (TPSA) is 66.5 Å². The first-order valence-corrected chi connectivity index (χ1v) is 13.1. The molecule has 0 bridgehead atoms. The maximum Gasteiger partial charge on any atom is 0.251 e. The first kappa shape index (κ1) is 23.9. The van der Waals surface area contributed by atoms with Gasteiger partial charge in [0.15, 0.2) is 0 Å². The Kier molecular flexibility index (Phi) is 8.26. The molecular weight excluding hydrogens is 444 g/mol. The van der Waals surface area contributed by atoms with E-state index in [1.807, 2.05) is 54.6 Å². The second-order valence-corrected chi connectivity index (χ2v) is 10.0. The van der Waals surface area contributed by atoms with Crippen molar-refractivity contribution in [1.29, 1.82) is 0 Å². The van der Waals surface area contributed by atoms with E-state index < -0.39 is 16.2 Å². The van der Waals surface area contributed by atoms with Crippen molar-refractivity contribution in [2.24, 2.45) is 0 Å². The first-order chi connectivity index (χ1) is 16.6. The van der Waals surface area contributed by atoms with Crippen molar-refractivity contribution in [2.75, 3.05) is 18.8 Å². The molecule has 4 rings (SSSR count). The number of benzene rings is 3. The average Bonchev–Trinajstić information content (AvgIpc) is 3.16. The number of unbranched alkanes of at least 4 members (excludes halogenated alkanes) is 1. The Hall–Kier alpha value is -3.25. The Balaban J connectivity index is 1.34. The molecule has 0 radical (unpaired) electrons. The van der Waals surface area contributed by atoms with Gasteiger partial charge < -0.3 is 10.2 Å². The maximum atomic E-state index is 12.8. The van der Waals surface area contributed by atoms with E-state index in [4.69, 9.17) is 0 Å². The zero-order valence-corrected chi connectivity index (χ0v) is 20.0. The van der Waals surface area contributed by atoms with Gasteiger partial charge in [-0.1, -0.05) is 72.8 Å². The molecule has 1 heterocycles. The van der Waals surface area contributed by atoms with Gasteiger partial charge in [0.1, 0.15) is 11.1 Å². The molecule has 0 aromatic heterocycles. The minimum absolute atomic E-state index is 0.0251. The van der Waals surface area contributed by atoms with Crippen LogP contribution in [0.25, 0.3) is 0 Å². The summed E-state index contributed by atoms with van der Waals surface area (Å²) in [4.78, 5) is 27.0. The fourth-order valence-electron chi connectivity index (χ4n) is 4.26. The van der Waals surface area contributed by atoms with Crippen molar-refractivity contribution < 1.29 is 13.8 Å². The summed E-state index contributed by atoms with van der Waals surface area (Å²) in [6.07, 6.45) is 3.59. The third-order valence-corrected chi connectivity index (χ3v) is 7.61. The highest BCUT2D eigenvalue weighted by Gasteiger charge is 2.38. The summed E-state index contributed by atoms with van der Waals surface area (Å²) < 4.78 is 12.8. The van der Waals surface area contributed by atoms with Crippen LogP contribution in [0.15, 0.2) is 84.9 Å². The molecule has 34 heavy (non-hydrogen) atoms. The van der Waals surface area contributed by atoms with E-state index in [9.17, 15) is 13.8 Å². The highest BCUT2D eigenvalue weighted by Crippen LogP contribution is 2.31. The number of hydrogen-bond donors (Lipinski definition) is 1. The molecule has 0 aliphatic carbocycles. The minimum atomic E-state index is -1.33. The molecule has 0 saturated carbocycles. The smallest absolute Gasteiger partial charge is 0.251 e. The molecule has 176 valence electrons. The fraction of sp³-hybridized carbons (Fsp3) is 0.286. The van der Waals surface area contributed by atoms with Crippen LogP contribution in [0.2, 0.25) is 0 Å². The molecule has 2 atom stereocenters. The Labute approximate surface area is 203 Å². The predicted molar refractivity (Wildman–Crippen MR) is 136 cm³/mol. The van der Waals surface area contributed by atoms with Gasteiger partial charge in [-0.3, -0.25) is 13.8 Å². The molecule has 1 N–H and O–H groups in total. The third kappa shape index (κ3) is 6.20. The van der Waals surface area contributed by atoms with Crippen molar-refractivity contribution >= 4 is 22.6 Å². The van der Waals surface area contributed by atoms with Gasteiger partial charge in [0.2, 0.25) is 5.91 Å². The van der Waals surface area contributed by atoms with Crippen LogP contribution in [-0.4, -0.2) is 39.8 Å². The van der Waals surface area contributed by atoms with Crippen LogP contribution in [0.1, 0.15) is 45.3 Å². The highest BCUT2D eigenvalue weighted by atomic mass is 32.2. The summed E-state index contributed by atoms with van der Waals surface area (Å²) in [6.45, 7) is 1.10. The van der Waals surface area contributed by atoms with Crippen molar-refractivity contribution in [2.45, 2.75) is 31.1 Å². The molecular formula is C28H30N2O3S. The number of nitrogens with zero attached hydrogens (tertiary/aromatic N) is 1. The lowest BCUT2D eigenvalue weighted by Gasteiger charge is -2.24. The fourth-order valence-corrected chi connectivity index (χ4v) is 5.78. The van der Waals surface area contributed by atoms with E-state index >= 15 is 0 Å². The summed E-state index contributed by atoms with van der Waals surface area (Å²) >= 11 is 0. The lowest BCUT2D eigenvalue weighted by Crippen LogP contribution is -2.31. The van der Waals surface area contributed by atoms with Gasteiger partial charge >= 0.3 is 0 Å². The first-order valence-electron chi connectivity index (χ1n) is 11.7. The van der Waals surface area contributed by atoms with Crippen molar-refractivity contribution in [1.82, 2.24) is 10.2 Å². The number of aryl methyl sites for hydroxylation is 1. The maximum absolute atomic E-state index is 12.8. The van der Waals surface area contributed by atoms with E-state index in [0.717, 1.165) is 30.4 Å². The molecule has 1 aliphatic rings. The summed E-state index contributed by atoms with van der Waals surface area (Å²) in [6, 6.07) is 27.5. The van der Waals surface area contributed by atoms with Gasteiger partial charge in [0.25, 0.3) is 5.91 Å². The number of hydrogen-bond acceptors (Lipinski definition) is 3. The van der Waals surface area contributed by atoms with Crippen LogP contribution < -0.4 is 5.32 Å². The monoisotopic (exact) mass is 474 g/mol. The molecule has 1 aliphatic heterocycles. The summed E-state index contributed by atoms with van der Waals surface area (Å²) in [5.41, 5.74) is 3.71. The van der Waals surface area contributed by atoms with Crippen molar-refractivity contribution in [3.63, 3.8) is 0 Å². The standard InChI is InChI=1S/C28H30N2O3S/c31-26-21-34(33)28(30(26)19-17-23-12-5-2-6-13-23)25-16-9-15-24(20-25)27(32)29-18-8-7-14-22-10-3-1-4-11-22/h1-6,9-13,15-16,20,28H,7-8,14,17-19,21H2,(H,29,32). The molecule has 3 aromatic rings. The Bertz CT molecular complexity index is 1130. The number of rotatable bonds is 10. The number of carbonyl (C=O) groups excluding carboxylic acids is 2. The summed E-state index contributed by atoms with van der Waals surface area (Å²) in [7, 11) is -1.33. The van der Waals surface area contributed by atoms with Crippen molar-refractivity contribution in [3.8, 4) is 0 Å². The van der Waals surface area contributed by atoms with E-state index in [-0.39, 0.29) is 17.6 Å². The Morgan fingerprint density at radius 3 is 2.26 bits per heavy atom. The van der Waals surface area contributed by atoms with Gasteiger partial charge in [0.05, 0.1) is 10.8 Å². The van der Waals surface area contributed by atoms with Crippen LogP contribution in [-0.2, 0) is 28.4 Å². The van der Waals surface area contributed by atoms with E-state index in [1.54, 1.807) is 23.1 Å². The summed E-state index contributed by atoms with van der Waals surface area (Å²) in [5, 5.41) is 2.47. The number of amides is 2. The summed E-state index contributed by atoms with van der Waals surface area (Å²) in [5.74, 6) is -0.225. The van der Waals surface area contributed by atoms with Crippen molar-refractivity contribution in [3.05, 3.63) is 107 Å². The zero-order valence-electron chi connectivity index (χ0n) is 19.2. The molecule has 6 heteroatoms. The van der Waals surface area contributed by atoms with Crippen LogP contribution in [0, 0.1) is 0 Å². The lowest BCUT2D eigenvalue weighted by atomic mass is 10.1. The molecule has 1 saturated heterocycles. The average molecular weight is 475 g/mol. The largest absolute Gasteiger partial charge is 0.352 e. The van der Waals surface area contributed by atoms with E-state index in [2.05, 4.69) is 17.4 Å². The number of nitrogens with one attached hydrogen (secondary N) is 1. The van der Waals surface area contributed by atoms with Gasteiger partial charge in [-0.25, -0.2) is 0 Å². The molecule has 2 unspecified atom stereocenters. The molecule has 2 amide bonds. The normalized spacial score (nSPS) is 17.6.